The van der Waals surface area contributed by atoms with Gasteiger partial charge in [-0.05, 0) is 42.0 Å². The minimum Gasteiger partial charge on any atom is -0.493 e. The zero-order valence-corrected chi connectivity index (χ0v) is 17.1. The van der Waals surface area contributed by atoms with Crippen molar-refractivity contribution < 1.29 is 27.4 Å². The third-order valence-corrected chi connectivity index (χ3v) is 5.74. The summed E-state index contributed by atoms with van der Waals surface area (Å²) in [7, 11) is 2.53. The van der Waals surface area contributed by atoms with Crippen LogP contribution in [-0.2, 0) is 21.4 Å². The zero-order valence-electron chi connectivity index (χ0n) is 16.3. The summed E-state index contributed by atoms with van der Waals surface area (Å²) in [5.74, 6) is 1.29. The van der Waals surface area contributed by atoms with Crippen molar-refractivity contribution in [2.24, 2.45) is 0 Å². The van der Waals surface area contributed by atoms with E-state index in [9.17, 15) is 13.2 Å². The molecule has 0 aliphatic rings. The van der Waals surface area contributed by atoms with Crippen LogP contribution in [0, 0.1) is 0 Å². The molecular formula is C19H24N2O6S. The summed E-state index contributed by atoms with van der Waals surface area (Å²) in [6.45, 7) is 0.121. The van der Waals surface area contributed by atoms with Crippen LogP contribution in [0.3, 0.4) is 0 Å². The first kappa shape index (κ1) is 21.5. The first-order valence-electron chi connectivity index (χ1n) is 8.41. The van der Waals surface area contributed by atoms with Gasteiger partial charge in [-0.15, -0.1) is 0 Å². The number of carbonyl (C=O) groups excluding carboxylic acids is 1. The minimum atomic E-state index is -3.50. The van der Waals surface area contributed by atoms with Gasteiger partial charge in [0.1, 0.15) is 5.75 Å². The summed E-state index contributed by atoms with van der Waals surface area (Å²) in [5, 5.41) is 2.75. The maximum atomic E-state index is 12.0. The van der Waals surface area contributed by atoms with Gasteiger partial charge in [-0.25, -0.2) is 12.7 Å². The average Bonchev–Trinajstić information content (AvgIpc) is 2.70. The van der Waals surface area contributed by atoms with Gasteiger partial charge in [0.15, 0.2) is 18.1 Å². The molecule has 0 unspecified atom stereocenters. The van der Waals surface area contributed by atoms with Crippen molar-refractivity contribution in [1.82, 2.24) is 9.62 Å². The Morgan fingerprint density at radius 3 is 2.21 bits per heavy atom. The van der Waals surface area contributed by atoms with Crippen LogP contribution in [0.4, 0.5) is 0 Å². The Morgan fingerprint density at radius 2 is 1.64 bits per heavy atom. The Kier molecular flexibility index (Phi) is 7.24. The molecule has 0 saturated carbocycles. The lowest BCUT2D eigenvalue weighted by atomic mass is 10.2. The van der Waals surface area contributed by atoms with Gasteiger partial charge in [-0.3, -0.25) is 4.79 Å². The van der Waals surface area contributed by atoms with E-state index in [0.717, 1.165) is 9.87 Å². The average molecular weight is 408 g/mol. The topological polar surface area (TPSA) is 94.2 Å². The van der Waals surface area contributed by atoms with Gasteiger partial charge in [0.05, 0.1) is 19.1 Å². The predicted molar refractivity (Wildman–Crippen MR) is 104 cm³/mol. The van der Waals surface area contributed by atoms with E-state index in [1.807, 2.05) is 6.07 Å². The third kappa shape index (κ3) is 5.37. The quantitative estimate of drug-likeness (QED) is 0.678. The highest BCUT2D eigenvalue weighted by atomic mass is 32.2. The standard InChI is InChI=1S/C19H24N2O6S/c1-21(2)28(23,24)16-8-6-15(7-9-16)27-13-19(22)20-12-14-5-10-17(25-3)18(11-14)26-4/h5-11H,12-13H2,1-4H3,(H,20,22). The molecule has 0 saturated heterocycles. The molecule has 0 radical (unpaired) electrons. The summed E-state index contributed by atoms with van der Waals surface area (Å²) in [6.07, 6.45) is 0. The van der Waals surface area contributed by atoms with E-state index in [4.69, 9.17) is 14.2 Å². The fraction of sp³-hybridized carbons (Fsp3) is 0.316. The summed E-state index contributed by atoms with van der Waals surface area (Å²) in [4.78, 5) is 12.1. The van der Waals surface area contributed by atoms with Crippen molar-refractivity contribution in [2.75, 3.05) is 34.9 Å². The van der Waals surface area contributed by atoms with E-state index in [-0.39, 0.29) is 17.4 Å². The third-order valence-electron chi connectivity index (χ3n) is 3.91. The molecule has 0 aromatic heterocycles. The van der Waals surface area contributed by atoms with Gasteiger partial charge >= 0.3 is 0 Å². The Labute approximate surface area is 165 Å². The molecule has 0 aliphatic heterocycles. The first-order chi connectivity index (χ1) is 13.3. The van der Waals surface area contributed by atoms with Crippen LogP contribution < -0.4 is 19.5 Å². The normalized spacial score (nSPS) is 11.2. The highest BCUT2D eigenvalue weighted by Crippen LogP contribution is 2.27. The number of carbonyl (C=O) groups is 1. The summed E-state index contributed by atoms with van der Waals surface area (Å²) < 4.78 is 41.0. The van der Waals surface area contributed by atoms with Crippen LogP contribution in [0.25, 0.3) is 0 Å². The molecule has 0 bridgehead atoms. The SMILES string of the molecule is COc1ccc(CNC(=O)COc2ccc(S(=O)(=O)N(C)C)cc2)cc1OC. The molecule has 2 aromatic rings. The van der Waals surface area contributed by atoms with E-state index in [2.05, 4.69) is 5.32 Å². The number of sulfonamides is 1. The Hall–Kier alpha value is -2.78. The molecule has 28 heavy (non-hydrogen) atoms. The predicted octanol–water partition coefficient (Wildman–Crippen LogP) is 1.65. The Morgan fingerprint density at radius 1 is 1.00 bits per heavy atom. The van der Waals surface area contributed by atoms with E-state index in [1.165, 1.54) is 38.4 Å². The number of nitrogens with one attached hydrogen (secondary N) is 1. The summed E-state index contributed by atoms with van der Waals surface area (Å²) >= 11 is 0. The number of ether oxygens (including phenoxy) is 3. The maximum absolute atomic E-state index is 12.0. The fourth-order valence-corrected chi connectivity index (χ4v) is 3.21. The van der Waals surface area contributed by atoms with Gasteiger partial charge in [-0.2, -0.15) is 0 Å². The lowest BCUT2D eigenvalue weighted by Crippen LogP contribution is -2.28. The molecule has 0 heterocycles. The molecule has 0 fully saturated rings. The molecule has 1 N–H and O–H groups in total. The molecular weight excluding hydrogens is 384 g/mol. The van der Waals surface area contributed by atoms with E-state index in [0.29, 0.717) is 23.8 Å². The van der Waals surface area contributed by atoms with Crippen LogP contribution >= 0.6 is 0 Å². The van der Waals surface area contributed by atoms with Crippen LogP contribution in [-0.4, -0.2) is 53.6 Å². The number of rotatable bonds is 9. The summed E-state index contributed by atoms with van der Waals surface area (Å²) in [6, 6.07) is 11.3. The molecule has 9 heteroatoms. The molecule has 0 spiro atoms. The second-order valence-electron chi connectivity index (χ2n) is 6.01. The Bertz CT molecular complexity index is 911. The van der Waals surface area contributed by atoms with Gasteiger partial charge in [0.2, 0.25) is 10.0 Å². The van der Waals surface area contributed by atoms with Gasteiger partial charge in [0.25, 0.3) is 5.91 Å². The van der Waals surface area contributed by atoms with Crippen molar-refractivity contribution >= 4 is 15.9 Å². The number of nitrogens with zero attached hydrogens (tertiary/aromatic N) is 1. The van der Waals surface area contributed by atoms with Gasteiger partial charge < -0.3 is 19.5 Å². The van der Waals surface area contributed by atoms with Crippen LogP contribution in [0.2, 0.25) is 0 Å². The highest BCUT2D eigenvalue weighted by molar-refractivity contribution is 7.89. The highest BCUT2D eigenvalue weighted by Gasteiger charge is 2.16. The van der Waals surface area contributed by atoms with Gasteiger partial charge in [-0.1, -0.05) is 6.07 Å². The number of hydrogen-bond acceptors (Lipinski definition) is 6. The van der Waals surface area contributed by atoms with Crippen molar-refractivity contribution in [3.8, 4) is 17.2 Å². The van der Waals surface area contributed by atoms with E-state index < -0.39 is 10.0 Å². The van der Waals surface area contributed by atoms with Gasteiger partial charge in [0, 0.05) is 20.6 Å². The zero-order chi connectivity index (χ0) is 20.7. The first-order valence-corrected chi connectivity index (χ1v) is 9.85. The van der Waals surface area contributed by atoms with Crippen molar-refractivity contribution in [1.29, 1.82) is 0 Å². The van der Waals surface area contributed by atoms with Crippen LogP contribution in [0.15, 0.2) is 47.4 Å². The van der Waals surface area contributed by atoms with Crippen molar-refractivity contribution in [2.45, 2.75) is 11.4 Å². The second kappa shape index (κ2) is 9.43. The number of benzene rings is 2. The molecule has 2 aromatic carbocycles. The van der Waals surface area contributed by atoms with Crippen LogP contribution in [0.1, 0.15) is 5.56 Å². The largest absolute Gasteiger partial charge is 0.493 e. The lowest BCUT2D eigenvalue weighted by Gasteiger charge is -2.12. The monoisotopic (exact) mass is 408 g/mol. The Balaban J connectivity index is 1.87. The van der Waals surface area contributed by atoms with Crippen molar-refractivity contribution in [3.63, 3.8) is 0 Å². The molecule has 0 aliphatic carbocycles. The maximum Gasteiger partial charge on any atom is 0.258 e. The molecule has 2 rings (SSSR count). The van der Waals surface area contributed by atoms with E-state index >= 15 is 0 Å². The molecule has 8 nitrogen and oxygen atoms in total. The van der Waals surface area contributed by atoms with Crippen molar-refractivity contribution in [3.05, 3.63) is 48.0 Å². The number of amides is 1. The second-order valence-corrected chi connectivity index (χ2v) is 8.17. The van der Waals surface area contributed by atoms with E-state index in [1.54, 1.807) is 26.4 Å². The number of hydrogen-bond donors (Lipinski definition) is 1. The fourth-order valence-electron chi connectivity index (χ4n) is 2.31. The number of methoxy groups -OCH3 is 2. The molecule has 152 valence electrons. The minimum absolute atomic E-state index is 0.155. The lowest BCUT2D eigenvalue weighted by molar-refractivity contribution is -0.123. The molecule has 1 amide bonds. The summed E-state index contributed by atoms with van der Waals surface area (Å²) in [5.41, 5.74) is 0.851. The molecule has 0 atom stereocenters. The van der Waals surface area contributed by atoms with Crippen LogP contribution in [0.5, 0.6) is 17.2 Å². The smallest absolute Gasteiger partial charge is 0.258 e.